The predicted molar refractivity (Wildman–Crippen MR) is 120 cm³/mol. The van der Waals surface area contributed by atoms with Gasteiger partial charge < -0.3 is 20.3 Å². The highest BCUT2D eigenvalue weighted by atomic mass is 32.1. The van der Waals surface area contributed by atoms with Gasteiger partial charge in [-0.05, 0) is 62.5 Å². The molecule has 168 valence electrons. The zero-order chi connectivity index (χ0) is 21.4. The van der Waals surface area contributed by atoms with E-state index in [-0.39, 0.29) is 12.0 Å². The molecular weight excluding hydrogens is 414 g/mol. The number of pyridine rings is 1. The Morgan fingerprint density at radius 1 is 1.29 bits per heavy atom. The third-order valence-electron chi connectivity index (χ3n) is 7.13. The number of amides is 1. The van der Waals surface area contributed by atoms with Crippen LogP contribution in [0.4, 0.5) is 0 Å². The van der Waals surface area contributed by atoms with E-state index in [1.165, 1.54) is 10.4 Å². The van der Waals surface area contributed by atoms with Crippen molar-refractivity contribution in [1.29, 1.82) is 0 Å². The summed E-state index contributed by atoms with van der Waals surface area (Å²) >= 11 is 1.71. The van der Waals surface area contributed by atoms with Gasteiger partial charge in [-0.3, -0.25) is 9.69 Å². The minimum absolute atomic E-state index is 0.120. The lowest BCUT2D eigenvalue weighted by atomic mass is 9.91. The number of hydrogen-bond donors (Lipinski definition) is 2. The summed E-state index contributed by atoms with van der Waals surface area (Å²) in [4.78, 5) is 20.8. The molecule has 3 aliphatic rings. The van der Waals surface area contributed by atoms with Crippen LogP contribution in [0.15, 0.2) is 12.3 Å². The summed E-state index contributed by atoms with van der Waals surface area (Å²) < 4.78 is 12.1. The normalized spacial score (nSPS) is 27.8. The Hall–Kier alpha value is -1.74. The van der Waals surface area contributed by atoms with Crippen LogP contribution in [0, 0.1) is 0 Å². The second-order valence-corrected chi connectivity index (χ2v) is 10.1. The molecule has 3 N–H and O–H groups in total. The summed E-state index contributed by atoms with van der Waals surface area (Å²) in [6, 6.07) is 2.62. The molecular formula is C23H31N3O4S. The predicted octanol–water partition coefficient (Wildman–Crippen LogP) is 2.58. The van der Waals surface area contributed by atoms with Crippen molar-refractivity contribution >= 4 is 27.5 Å². The van der Waals surface area contributed by atoms with E-state index in [0.717, 1.165) is 80.8 Å². The number of thiophene rings is 1. The van der Waals surface area contributed by atoms with Crippen molar-refractivity contribution in [1.82, 2.24) is 9.88 Å². The number of carbonyl (C=O) groups excluding carboxylic acids is 1. The van der Waals surface area contributed by atoms with Crippen molar-refractivity contribution in [2.75, 3.05) is 26.3 Å². The van der Waals surface area contributed by atoms with E-state index in [4.69, 9.17) is 15.2 Å². The van der Waals surface area contributed by atoms with E-state index in [2.05, 4.69) is 9.88 Å². The van der Waals surface area contributed by atoms with Crippen molar-refractivity contribution in [2.24, 2.45) is 5.73 Å². The highest BCUT2D eigenvalue weighted by Crippen LogP contribution is 2.48. The Morgan fingerprint density at radius 3 is 2.81 bits per heavy atom. The summed E-state index contributed by atoms with van der Waals surface area (Å²) in [6.07, 6.45) is 7.63. The molecule has 1 saturated carbocycles. The topological polar surface area (TPSA) is 97.9 Å². The van der Waals surface area contributed by atoms with Crippen molar-refractivity contribution < 1.29 is 19.4 Å². The minimum Gasteiger partial charge on any atom is -0.490 e. The van der Waals surface area contributed by atoms with Crippen molar-refractivity contribution in [3.05, 3.63) is 22.7 Å². The number of rotatable bonds is 6. The zero-order valence-electron chi connectivity index (χ0n) is 17.8. The highest BCUT2D eigenvalue weighted by Gasteiger charge is 2.33. The summed E-state index contributed by atoms with van der Waals surface area (Å²) in [5.74, 6) is 0.368. The Bertz CT molecular complexity index is 934. The smallest absolute Gasteiger partial charge is 0.246 e. The maximum Gasteiger partial charge on any atom is 0.246 e. The number of nitrogens with two attached hydrogens (primary N) is 1. The maximum absolute atomic E-state index is 11.4. The summed E-state index contributed by atoms with van der Waals surface area (Å²) in [5, 5.41) is 11.1. The van der Waals surface area contributed by atoms with Gasteiger partial charge >= 0.3 is 0 Å². The molecule has 5 rings (SSSR count). The number of carbonyl (C=O) groups is 1. The van der Waals surface area contributed by atoms with Crippen LogP contribution in [0.25, 0.3) is 10.2 Å². The number of ether oxygens (including phenoxy) is 2. The van der Waals surface area contributed by atoms with Crippen LogP contribution in [0.1, 0.15) is 54.9 Å². The van der Waals surface area contributed by atoms with Crippen LogP contribution in [0.2, 0.25) is 0 Å². The van der Waals surface area contributed by atoms with Gasteiger partial charge in [0.15, 0.2) is 0 Å². The molecule has 2 aromatic rings. The van der Waals surface area contributed by atoms with Crippen molar-refractivity contribution in [2.45, 2.75) is 69.1 Å². The molecule has 2 aromatic heterocycles. The fraction of sp³-hybridized carbons (Fsp3) is 0.652. The molecule has 2 atom stereocenters. The van der Waals surface area contributed by atoms with Crippen LogP contribution < -0.4 is 10.5 Å². The molecule has 1 aliphatic heterocycles. The molecule has 0 aromatic carbocycles. The number of aryl methyl sites for hydroxylation is 1. The first-order valence-corrected chi connectivity index (χ1v) is 12.3. The molecule has 2 fully saturated rings. The van der Waals surface area contributed by atoms with Gasteiger partial charge in [0.1, 0.15) is 16.7 Å². The van der Waals surface area contributed by atoms with Crippen molar-refractivity contribution in [3.63, 3.8) is 0 Å². The third kappa shape index (κ3) is 4.31. The Kier molecular flexibility index (Phi) is 6.14. The van der Waals surface area contributed by atoms with Gasteiger partial charge in [0.05, 0.1) is 24.7 Å². The number of morpholine rings is 1. The molecule has 7 nitrogen and oxygen atoms in total. The first-order chi connectivity index (χ1) is 15.1. The molecule has 8 heteroatoms. The molecule has 1 saturated heterocycles. The fourth-order valence-corrected chi connectivity index (χ4v) is 6.76. The number of fused-ring (bicyclic) bond motifs is 3. The van der Waals surface area contributed by atoms with E-state index in [1.54, 1.807) is 11.3 Å². The van der Waals surface area contributed by atoms with Crippen molar-refractivity contribution in [3.8, 4) is 5.75 Å². The Balaban J connectivity index is 1.31. The standard InChI is InChI=1S/C23H31N3O4S/c24-22(28)17(27)13-14-1-6-19-20(14)21-18(7-8-25-23(21)31-19)30-16-4-2-15(3-5-16)26-9-11-29-12-10-26/h7-8,14-17,27H,1-6,9-13H2,(H2,24,28)/t14-,15?,16?,17+/m1/s1. The largest absolute Gasteiger partial charge is 0.490 e. The van der Waals surface area contributed by atoms with E-state index in [9.17, 15) is 9.90 Å². The first kappa shape index (κ1) is 21.1. The summed E-state index contributed by atoms with van der Waals surface area (Å²) in [7, 11) is 0. The SMILES string of the molecule is NC(=O)[C@@H](O)C[C@H]1CCc2sc3nccc(OC4CCC(N5CCOCC5)CC4)c3c21. The third-order valence-corrected chi connectivity index (χ3v) is 8.30. The lowest BCUT2D eigenvalue weighted by Gasteiger charge is -2.38. The molecule has 0 spiro atoms. The number of aromatic nitrogens is 1. The maximum atomic E-state index is 11.4. The Morgan fingerprint density at radius 2 is 2.06 bits per heavy atom. The van der Waals surface area contributed by atoms with Gasteiger partial charge in [0, 0.05) is 30.2 Å². The monoisotopic (exact) mass is 445 g/mol. The second-order valence-electron chi connectivity index (χ2n) is 9.01. The summed E-state index contributed by atoms with van der Waals surface area (Å²) in [6.45, 7) is 3.78. The average molecular weight is 446 g/mol. The first-order valence-electron chi connectivity index (χ1n) is 11.5. The quantitative estimate of drug-likeness (QED) is 0.709. The number of nitrogens with zero attached hydrogens (tertiary/aromatic N) is 2. The van der Waals surface area contributed by atoms with E-state index in [0.29, 0.717) is 12.5 Å². The van der Waals surface area contributed by atoms with Gasteiger partial charge in [-0.2, -0.15) is 0 Å². The van der Waals surface area contributed by atoms with Gasteiger partial charge in [-0.1, -0.05) is 0 Å². The highest BCUT2D eigenvalue weighted by molar-refractivity contribution is 7.19. The van der Waals surface area contributed by atoms with Gasteiger partial charge in [0.25, 0.3) is 0 Å². The lowest BCUT2D eigenvalue weighted by Crippen LogP contribution is -2.46. The summed E-state index contributed by atoms with van der Waals surface area (Å²) in [5.41, 5.74) is 6.52. The van der Waals surface area contributed by atoms with E-state index < -0.39 is 12.0 Å². The van der Waals surface area contributed by atoms with Crippen LogP contribution in [0.5, 0.6) is 5.75 Å². The molecule has 2 aliphatic carbocycles. The van der Waals surface area contributed by atoms with E-state index >= 15 is 0 Å². The Labute approximate surface area is 186 Å². The zero-order valence-corrected chi connectivity index (χ0v) is 18.6. The van der Waals surface area contributed by atoms with Gasteiger partial charge in [-0.25, -0.2) is 4.98 Å². The molecule has 3 heterocycles. The second kappa shape index (κ2) is 9.02. The lowest BCUT2D eigenvalue weighted by molar-refractivity contribution is -0.126. The molecule has 0 unspecified atom stereocenters. The molecule has 31 heavy (non-hydrogen) atoms. The number of primary amides is 1. The van der Waals surface area contributed by atoms with Crippen LogP contribution >= 0.6 is 11.3 Å². The number of aliphatic hydroxyl groups excluding tert-OH is 1. The van der Waals surface area contributed by atoms with E-state index in [1.807, 2.05) is 12.3 Å². The minimum atomic E-state index is -1.11. The number of hydrogen-bond acceptors (Lipinski definition) is 7. The van der Waals surface area contributed by atoms with Gasteiger partial charge in [0.2, 0.25) is 5.91 Å². The molecule has 0 bridgehead atoms. The fourth-order valence-electron chi connectivity index (χ4n) is 5.50. The van der Waals surface area contributed by atoms with Crippen LogP contribution in [0.3, 0.4) is 0 Å². The van der Waals surface area contributed by atoms with Crippen LogP contribution in [-0.4, -0.2) is 65.5 Å². The molecule has 0 radical (unpaired) electrons. The molecule has 1 amide bonds. The average Bonchev–Trinajstić information content (AvgIpc) is 3.35. The van der Waals surface area contributed by atoms with Crippen LogP contribution in [-0.2, 0) is 16.0 Å². The van der Waals surface area contributed by atoms with Gasteiger partial charge in [-0.15, -0.1) is 11.3 Å². The number of aliphatic hydroxyl groups is 1.